The fourth-order valence-corrected chi connectivity index (χ4v) is 4.02. The van der Waals surface area contributed by atoms with Gasteiger partial charge in [0.1, 0.15) is 5.54 Å². The monoisotopic (exact) mass is 251 g/mol. The first-order valence-electron chi connectivity index (χ1n) is 7.48. The summed E-state index contributed by atoms with van der Waals surface area (Å²) in [6.07, 6.45) is 7.24. The third-order valence-electron chi connectivity index (χ3n) is 5.23. The predicted molar refractivity (Wildman–Crippen MR) is 71.1 cm³/mol. The Hall–Kier alpha value is -0.610. The fraction of sp³-hybridized carbons (Fsp3) is 0.929. The SMILES string of the molecule is NC(=O)C1(N2CCNCC2)CCCC(C2CC2)C1. The van der Waals surface area contributed by atoms with Gasteiger partial charge in [0.05, 0.1) is 0 Å². The lowest BCUT2D eigenvalue weighted by Crippen LogP contribution is -2.63. The molecule has 0 aromatic rings. The summed E-state index contributed by atoms with van der Waals surface area (Å²) in [4.78, 5) is 14.5. The molecule has 3 rings (SSSR count). The van der Waals surface area contributed by atoms with Crippen molar-refractivity contribution in [3.63, 3.8) is 0 Å². The molecule has 2 unspecified atom stereocenters. The minimum atomic E-state index is -0.326. The molecular formula is C14H25N3O. The van der Waals surface area contributed by atoms with Gasteiger partial charge in [-0.1, -0.05) is 12.8 Å². The zero-order valence-corrected chi connectivity index (χ0v) is 11.2. The Labute approximate surface area is 109 Å². The van der Waals surface area contributed by atoms with E-state index in [-0.39, 0.29) is 11.4 Å². The van der Waals surface area contributed by atoms with E-state index in [1.165, 1.54) is 25.7 Å². The Balaban J connectivity index is 1.78. The molecule has 0 aromatic heterocycles. The first-order valence-corrected chi connectivity index (χ1v) is 7.48. The van der Waals surface area contributed by atoms with E-state index < -0.39 is 0 Å². The highest BCUT2D eigenvalue weighted by molar-refractivity contribution is 5.84. The first-order chi connectivity index (χ1) is 8.72. The molecule has 2 aliphatic carbocycles. The maximum atomic E-state index is 12.1. The van der Waals surface area contributed by atoms with Crippen LogP contribution in [-0.4, -0.2) is 42.5 Å². The van der Waals surface area contributed by atoms with Crippen molar-refractivity contribution in [2.24, 2.45) is 17.6 Å². The van der Waals surface area contributed by atoms with Gasteiger partial charge in [0.15, 0.2) is 0 Å². The van der Waals surface area contributed by atoms with E-state index in [0.29, 0.717) is 0 Å². The van der Waals surface area contributed by atoms with Crippen LogP contribution >= 0.6 is 0 Å². The van der Waals surface area contributed by atoms with Gasteiger partial charge in [0.2, 0.25) is 5.91 Å². The number of hydrogen-bond acceptors (Lipinski definition) is 3. The molecule has 3 aliphatic rings. The second kappa shape index (κ2) is 4.82. The maximum Gasteiger partial charge on any atom is 0.237 e. The number of nitrogens with one attached hydrogen (secondary N) is 1. The summed E-state index contributed by atoms with van der Waals surface area (Å²) in [5.41, 5.74) is 5.49. The van der Waals surface area contributed by atoms with E-state index in [4.69, 9.17) is 5.73 Å². The average Bonchev–Trinajstić information content (AvgIpc) is 3.24. The summed E-state index contributed by atoms with van der Waals surface area (Å²) >= 11 is 0. The third-order valence-corrected chi connectivity index (χ3v) is 5.23. The van der Waals surface area contributed by atoms with Crippen molar-refractivity contribution in [3.05, 3.63) is 0 Å². The van der Waals surface area contributed by atoms with Crippen molar-refractivity contribution in [2.75, 3.05) is 26.2 Å². The predicted octanol–water partition coefficient (Wildman–Crippen LogP) is 0.716. The van der Waals surface area contributed by atoms with Crippen LogP contribution in [0.25, 0.3) is 0 Å². The minimum absolute atomic E-state index is 0.0743. The Bertz CT molecular complexity index is 323. The molecule has 3 fully saturated rings. The Morgan fingerprint density at radius 2 is 1.89 bits per heavy atom. The van der Waals surface area contributed by atoms with Crippen LogP contribution in [0.1, 0.15) is 38.5 Å². The van der Waals surface area contributed by atoms with Crippen LogP contribution in [0.3, 0.4) is 0 Å². The highest BCUT2D eigenvalue weighted by Crippen LogP contribution is 2.48. The maximum absolute atomic E-state index is 12.1. The van der Waals surface area contributed by atoms with E-state index in [0.717, 1.165) is 50.9 Å². The van der Waals surface area contributed by atoms with E-state index in [1.807, 2.05) is 0 Å². The van der Waals surface area contributed by atoms with Crippen molar-refractivity contribution in [3.8, 4) is 0 Å². The highest BCUT2D eigenvalue weighted by atomic mass is 16.1. The van der Waals surface area contributed by atoms with Crippen molar-refractivity contribution >= 4 is 5.91 Å². The molecule has 2 atom stereocenters. The number of hydrogen-bond donors (Lipinski definition) is 2. The van der Waals surface area contributed by atoms with Gasteiger partial charge in [0, 0.05) is 26.2 Å². The number of rotatable bonds is 3. The lowest BCUT2D eigenvalue weighted by Gasteiger charge is -2.48. The van der Waals surface area contributed by atoms with Crippen molar-refractivity contribution in [2.45, 2.75) is 44.1 Å². The number of carbonyl (C=O) groups is 1. The molecule has 1 aliphatic heterocycles. The fourth-order valence-electron chi connectivity index (χ4n) is 4.02. The van der Waals surface area contributed by atoms with Gasteiger partial charge >= 0.3 is 0 Å². The lowest BCUT2D eigenvalue weighted by molar-refractivity contribution is -0.134. The molecule has 1 saturated heterocycles. The standard InChI is InChI=1S/C14H25N3O/c15-13(18)14(17-8-6-16-7-9-17)5-1-2-12(10-14)11-3-4-11/h11-12,16H,1-10H2,(H2,15,18). The van der Waals surface area contributed by atoms with E-state index in [9.17, 15) is 4.79 Å². The first kappa shape index (κ1) is 12.4. The summed E-state index contributed by atoms with van der Waals surface area (Å²) in [5.74, 6) is 1.57. The number of carbonyl (C=O) groups excluding carboxylic acids is 1. The van der Waals surface area contributed by atoms with Gasteiger partial charge < -0.3 is 11.1 Å². The van der Waals surface area contributed by atoms with E-state index in [2.05, 4.69) is 10.2 Å². The summed E-state index contributed by atoms with van der Waals surface area (Å²) < 4.78 is 0. The largest absolute Gasteiger partial charge is 0.368 e. The molecule has 4 nitrogen and oxygen atoms in total. The molecule has 3 N–H and O–H groups in total. The van der Waals surface area contributed by atoms with Gasteiger partial charge in [-0.3, -0.25) is 9.69 Å². The minimum Gasteiger partial charge on any atom is -0.368 e. The van der Waals surface area contributed by atoms with Gasteiger partial charge in [-0.2, -0.15) is 0 Å². The van der Waals surface area contributed by atoms with E-state index in [1.54, 1.807) is 0 Å². The third kappa shape index (κ3) is 2.16. The van der Waals surface area contributed by atoms with E-state index >= 15 is 0 Å². The van der Waals surface area contributed by atoms with Crippen LogP contribution in [0.2, 0.25) is 0 Å². The van der Waals surface area contributed by atoms with Crippen LogP contribution in [0.5, 0.6) is 0 Å². The molecule has 1 amide bonds. The van der Waals surface area contributed by atoms with Crippen LogP contribution in [0, 0.1) is 11.8 Å². The van der Waals surface area contributed by atoms with Crippen LogP contribution in [0.4, 0.5) is 0 Å². The molecule has 4 heteroatoms. The molecule has 0 spiro atoms. The molecule has 1 heterocycles. The zero-order chi connectivity index (χ0) is 12.6. The van der Waals surface area contributed by atoms with Crippen molar-refractivity contribution in [1.82, 2.24) is 10.2 Å². The number of primary amides is 1. The average molecular weight is 251 g/mol. The number of nitrogens with zero attached hydrogens (tertiary/aromatic N) is 1. The Kier molecular flexibility index (Phi) is 3.32. The molecule has 0 aromatic carbocycles. The quantitative estimate of drug-likeness (QED) is 0.777. The number of nitrogens with two attached hydrogens (primary N) is 1. The lowest BCUT2D eigenvalue weighted by atomic mass is 9.72. The molecule has 0 bridgehead atoms. The topological polar surface area (TPSA) is 58.4 Å². The van der Waals surface area contributed by atoms with Gasteiger partial charge in [0.25, 0.3) is 0 Å². The van der Waals surface area contributed by atoms with Crippen LogP contribution in [0.15, 0.2) is 0 Å². The van der Waals surface area contributed by atoms with Gasteiger partial charge in [-0.05, 0) is 37.5 Å². The Morgan fingerprint density at radius 1 is 1.17 bits per heavy atom. The molecule has 102 valence electrons. The van der Waals surface area contributed by atoms with Crippen molar-refractivity contribution < 1.29 is 4.79 Å². The second-order valence-electron chi connectivity index (χ2n) is 6.33. The summed E-state index contributed by atoms with van der Waals surface area (Å²) in [7, 11) is 0. The smallest absolute Gasteiger partial charge is 0.237 e. The summed E-state index contributed by atoms with van der Waals surface area (Å²) in [6, 6.07) is 0. The molecule has 18 heavy (non-hydrogen) atoms. The van der Waals surface area contributed by atoms with Crippen LogP contribution < -0.4 is 11.1 Å². The summed E-state index contributed by atoms with van der Waals surface area (Å²) in [5, 5.41) is 3.36. The van der Waals surface area contributed by atoms with Gasteiger partial charge in [-0.15, -0.1) is 0 Å². The highest BCUT2D eigenvalue weighted by Gasteiger charge is 2.48. The molecular weight excluding hydrogens is 226 g/mol. The summed E-state index contributed by atoms with van der Waals surface area (Å²) in [6.45, 7) is 3.92. The normalized spacial score (nSPS) is 38.6. The zero-order valence-electron chi connectivity index (χ0n) is 11.2. The molecule has 2 saturated carbocycles. The number of amides is 1. The second-order valence-corrected chi connectivity index (χ2v) is 6.33. The Morgan fingerprint density at radius 3 is 2.50 bits per heavy atom. The molecule has 0 radical (unpaired) electrons. The van der Waals surface area contributed by atoms with Gasteiger partial charge in [-0.25, -0.2) is 0 Å². The number of piperazine rings is 1. The van der Waals surface area contributed by atoms with Crippen LogP contribution in [-0.2, 0) is 4.79 Å². The van der Waals surface area contributed by atoms with Crippen molar-refractivity contribution in [1.29, 1.82) is 0 Å².